The number of nitrogens with one attached hydrogen (secondary N) is 2. The molecule has 1 unspecified atom stereocenters. The topological polar surface area (TPSA) is 84.5 Å². The van der Waals surface area contributed by atoms with Gasteiger partial charge in [0.1, 0.15) is 5.75 Å². The van der Waals surface area contributed by atoms with E-state index in [0.29, 0.717) is 19.4 Å². The second-order valence-electron chi connectivity index (χ2n) is 5.01. The summed E-state index contributed by atoms with van der Waals surface area (Å²) in [6.45, 7) is 0.365. The lowest BCUT2D eigenvalue weighted by Gasteiger charge is -2.16. The van der Waals surface area contributed by atoms with Crippen LogP contribution in [0.15, 0.2) is 29.2 Å². The van der Waals surface area contributed by atoms with Crippen LogP contribution >= 0.6 is 0 Å². The molecule has 0 aromatic heterocycles. The van der Waals surface area contributed by atoms with Gasteiger partial charge in [-0.1, -0.05) is 0 Å². The highest BCUT2D eigenvalue weighted by molar-refractivity contribution is 7.89. The van der Waals surface area contributed by atoms with Gasteiger partial charge < -0.3 is 10.1 Å². The summed E-state index contributed by atoms with van der Waals surface area (Å²) in [5.41, 5.74) is 0. The summed E-state index contributed by atoms with van der Waals surface area (Å²) in [4.78, 5) is 11.1. The second-order valence-corrected chi connectivity index (χ2v) is 6.73. The van der Waals surface area contributed by atoms with Crippen LogP contribution < -0.4 is 14.8 Å². The van der Waals surface area contributed by atoms with Crippen molar-refractivity contribution in [3.63, 3.8) is 0 Å². The Morgan fingerprint density at radius 1 is 1.17 bits per heavy atom. The first-order chi connectivity index (χ1) is 10.7. The van der Waals surface area contributed by atoms with Gasteiger partial charge in [-0.3, -0.25) is 4.79 Å². The number of alkyl halides is 3. The number of halogens is 3. The first kappa shape index (κ1) is 17.5. The molecular formula is C13H15F3N2O4S. The third-order valence-electron chi connectivity index (χ3n) is 3.22. The molecule has 0 saturated carbocycles. The quantitative estimate of drug-likeness (QED) is 0.861. The van der Waals surface area contributed by atoms with Crippen molar-refractivity contribution in [2.75, 3.05) is 6.54 Å². The van der Waals surface area contributed by atoms with E-state index in [1.807, 2.05) is 0 Å². The van der Waals surface area contributed by atoms with E-state index >= 15 is 0 Å². The molecule has 1 aliphatic rings. The molecule has 1 aromatic rings. The Hall–Kier alpha value is -1.81. The Bertz CT molecular complexity index is 659. The fourth-order valence-electron chi connectivity index (χ4n) is 2.15. The van der Waals surface area contributed by atoms with E-state index in [1.54, 1.807) is 0 Å². The first-order valence-electron chi connectivity index (χ1n) is 6.80. The van der Waals surface area contributed by atoms with E-state index in [4.69, 9.17) is 0 Å². The lowest BCUT2D eigenvalue weighted by molar-refractivity contribution is -0.274. The van der Waals surface area contributed by atoms with Gasteiger partial charge in [-0.25, -0.2) is 13.1 Å². The molecule has 2 rings (SSSR count). The molecule has 6 nitrogen and oxygen atoms in total. The number of hydrogen-bond acceptors (Lipinski definition) is 4. The molecule has 10 heteroatoms. The molecule has 1 amide bonds. The maximum absolute atomic E-state index is 12.2. The number of hydrogen-bond donors (Lipinski definition) is 2. The van der Waals surface area contributed by atoms with Crippen molar-refractivity contribution in [2.45, 2.75) is 36.6 Å². The van der Waals surface area contributed by atoms with Crippen LogP contribution in [0.1, 0.15) is 19.3 Å². The molecule has 128 valence electrons. The fourth-order valence-corrected chi connectivity index (χ4v) is 3.45. The lowest BCUT2D eigenvalue weighted by atomic mass is 10.1. The van der Waals surface area contributed by atoms with Crippen molar-refractivity contribution in [1.29, 1.82) is 0 Å². The maximum atomic E-state index is 12.2. The summed E-state index contributed by atoms with van der Waals surface area (Å²) in [5.74, 6) is -0.638. The SMILES string of the molecule is O=C1CCC(NS(=O)(=O)c2ccc(OC(F)(F)F)cc2)CCN1. The molecule has 1 aliphatic heterocycles. The van der Waals surface area contributed by atoms with Crippen LogP contribution in [0.3, 0.4) is 0 Å². The van der Waals surface area contributed by atoms with Gasteiger partial charge in [0.05, 0.1) is 4.90 Å². The molecule has 1 saturated heterocycles. The monoisotopic (exact) mass is 352 g/mol. The van der Waals surface area contributed by atoms with Crippen LogP contribution in [0.2, 0.25) is 0 Å². The Kier molecular flexibility index (Phi) is 5.15. The summed E-state index contributed by atoms with van der Waals surface area (Å²) >= 11 is 0. The third kappa shape index (κ3) is 5.39. The van der Waals surface area contributed by atoms with Crippen LogP contribution in [0.4, 0.5) is 13.2 Å². The smallest absolute Gasteiger partial charge is 0.406 e. The number of ether oxygens (including phenoxy) is 1. The molecule has 0 aliphatic carbocycles. The van der Waals surface area contributed by atoms with Crippen molar-refractivity contribution in [2.24, 2.45) is 0 Å². The summed E-state index contributed by atoms with van der Waals surface area (Å²) < 4.78 is 66.8. The number of sulfonamides is 1. The summed E-state index contributed by atoms with van der Waals surface area (Å²) in [6.07, 6.45) is -3.81. The minimum atomic E-state index is -4.83. The Morgan fingerprint density at radius 3 is 2.43 bits per heavy atom. The summed E-state index contributed by atoms with van der Waals surface area (Å²) in [7, 11) is -3.88. The minimum absolute atomic E-state index is 0.139. The number of rotatable bonds is 4. The van der Waals surface area contributed by atoms with Crippen LogP contribution in [0.25, 0.3) is 0 Å². The molecular weight excluding hydrogens is 337 g/mol. The highest BCUT2D eigenvalue weighted by atomic mass is 32.2. The van der Waals surface area contributed by atoms with Crippen molar-refractivity contribution in [3.8, 4) is 5.75 Å². The van der Waals surface area contributed by atoms with E-state index in [1.165, 1.54) is 0 Å². The Balaban J connectivity index is 2.05. The van der Waals surface area contributed by atoms with Crippen LogP contribution in [0.5, 0.6) is 5.75 Å². The molecule has 1 atom stereocenters. The zero-order chi connectivity index (χ0) is 17.1. The predicted molar refractivity (Wildman–Crippen MR) is 74.1 cm³/mol. The number of amides is 1. The molecule has 1 fully saturated rings. The van der Waals surface area contributed by atoms with Gasteiger partial charge >= 0.3 is 6.36 Å². The summed E-state index contributed by atoms with van der Waals surface area (Å²) in [5, 5.41) is 2.63. The zero-order valence-corrected chi connectivity index (χ0v) is 12.7. The average molecular weight is 352 g/mol. The Labute approximate surface area is 131 Å². The number of carbonyl (C=O) groups excluding carboxylic acids is 1. The van der Waals surface area contributed by atoms with Gasteiger partial charge in [0.2, 0.25) is 15.9 Å². The van der Waals surface area contributed by atoms with Gasteiger partial charge in [0, 0.05) is 19.0 Å². The largest absolute Gasteiger partial charge is 0.573 e. The Morgan fingerprint density at radius 2 is 1.83 bits per heavy atom. The van der Waals surface area contributed by atoms with Crippen LogP contribution in [-0.4, -0.2) is 33.3 Å². The van der Waals surface area contributed by atoms with Gasteiger partial charge in [-0.2, -0.15) is 0 Å². The maximum Gasteiger partial charge on any atom is 0.573 e. The molecule has 0 spiro atoms. The second kappa shape index (κ2) is 6.75. The molecule has 1 heterocycles. The van der Waals surface area contributed by atoms with E-state index in [2.05, 4.69) is 14.8 Å². The molecule has 0 radical (unpaired) electrons. The lowest BCUT2D eigenvalue weighted by Crippen LogP contribution is -2.35. The third-order valence-corrected chi connectivity index (χ3v) is 4.76. The number of benzene rings is 1. The summed E-state index contributed by atoms with van der Waals surface area (Å²) in [6, 6.07) is 3.51. The van der Waals surface area contributed by atoms with Crippen molar-refractivity contribution < 1.29 is 31.1 Å². The molecule has 0 bridgehead atoms. The van der Waals surface area contributed by atoms with E-state index in [9.17, 15) is 26.4 Å². The van der Waals surface area contributed by atoms with Crippen molar-refractivity contribution in [3.05, 3.63) is 24.3 Å². The molecule has 23 heavy (non-hydrogen) atoms. The normalized spacial score (nSPS) is 19.8. The van der Waals surface area contributed by atoms with Gasteiger partial charge in [-0.05, 0) is 37.1 Å². The van der Waals surface area contributed by atoms with Crippen molar-refractivity contribution in [1.82, 2.24) is 10.0 Å². The van der Waals surface area contributed by atoms with Gasteiger partial charge in [0.25, 0.3) is 0 Å². The predicted octanol–water partition coefficient (Wildman–Crippen LogP) is 1.53. The van der Waals surface area contributed by atoms with E-state index in [-0.39, 0.29) is 17.2 Å². The number of carbonyl (C=O) groups is 1. The van der Waals surface area contributed by atoms with E-state index in [0.717, 1.165) is 24.3 Å². The first-order valence-corrected chi connectivity index (χ1v) is 8.29. The molecule has 1 aromatic carbocycles. The average Bonchev–Trinajstić information content (AvgIpc) is 2.62. The van der Waals surface area contributed by atoms with Crippen molar-refractivity contribution >= 4 is 15.9 Å². The fraction of sp³-hybridized carbons (Fsp3) is 0.462. The van der Waals surface area contributed by atoms with Crippen LogP contribution in [-0.2, 0) is 14.8 Å². The highest BCUT2D eigenvalue weighted by Crippen LogP contribution is 2.24. The zero-order valence-electron chi connectivity index (χ0n) is 11.9. The highest BCUT2D eigenvalue weighted by Gasteiger charge is 2.31. The van der Waals surface area contributed by atoms with Gasteiger partial charge in [-0.15, -0.1) is 13.2 Å². The minimum Gasteiger partial charge on any atom is -0.406 e. The van der Waals surface area contributed by atoms with Gasteiger partial charge in [0.15, 0.2) is 0 Å². The molecule has 2 N–H and O–H groups in total. The van der Waals surface area contributed by atoms with E-state index < -0.39 is 28.2 Å². The standard InChI is InChI=1S/C13H15F3N2O4S/c14-13(15,16)22-10-2-4-11(5-3-10)23(20,21)18-9-1-6-12(19)17-8-7-9/h2-5,9,18H,1,6-8H2,(H,17,19). The van der Waals surface area contributed by atoms with Crippen LogP contribution in [0, 0.1) is 0 Å².